The van der Waals surface area contributed by atoms with Gasteiger partial charge >= 0.3 is 0 Å². The Morgan fingerprint density at radius 1 is 1.04 bits per heavy atom. The second-order valence-corrected chi connectivity index (χ2v) is 7.83. The highest BCUT2D eigenvalue weighted by molar-refractivity contribution is 7.89. The molecule has 3 rings (SSSR count). The van der Waals surface area contributed by atoms with E-state index in [1.807, 2.05) is 0 Å². The molecule has 3 aromatic rings. The Kier molecular flexibility index (Phi) is 6.23. The maximum absolute atomic E-state index is 13.1. The monoisotopic (exact) mass is 402 g/mol. The minimum Gasteiger partial charge on any atom is -0.468 e. The maximum atomic E-state index is 13.1. The van der Waals surface area contributed by atoms with Crippen LogP contribution in [0, 0.1) is 5.82 Å². The number of halogens is 1. The Morgan fingerprint density at radius 3 is 2.50 bits per heavy atom. The van der Waals surface area contributed by atoms with Gasteiger partial charge in [-0.05, 0) is 60.5 Å². The molecule has 0 radical (unpaired) electrons. The SMILES string of the molecule is O=C(NCCc1cccc(F)c1)c1ccc(S(=O)(=O)NCc2ccco2)cc1. The van der Waals surface area contributed by atoms with Crippen molar-refractivity contribution < 1.29 is 22.0 Å². The zero-order valence-corrected chi connectivity index (χ0v) is 15.7. The van der Waals surface area contributed by atoms with E-state index in [-0.39, 0.29) is 23.2 Å². The Hall–Kier alpha value is -2.97. The molecule has 0 saturated heterocycles. The van der Waals surface area contributed by atoms with Gasteiger partial charge < -0.3 is 9.73 Å². The lowest BCUT2D eigenvalue weighted by Crippen LogP contribution is -2.26. The molecule has 0 aliphatic carbocycles. The van der Waals surface area contributed by atoms with Crippen molar-refractivity contribution in [2.24, 2.45) is 0 Å². The third kappa shape index (κ3) is 5.28. The molecule has 0 spiro atoms. The summed E-state index contributed by atoms with van der Waals surface area (Å²) in [6.45, 7) is 0.380. The van der Waals surface area contributed by atoms with E-state index in [1.165, 1.54) is 42.7 Å². The van der Waals surface area contributed by atoms with Crippen molar-refractivity contribution >= 4 is 15.9 Å². The molecule has 6 nitrogen and oxygen atoms in total. The summed E-state index contributed by atoms with van der Waals surface area (Å²) in [6.07, 6.45) is 1.96. The second-order valence-electron chi connectivity index (χ2n) is 6.06. The van der Waals surface area contributed by atoms with Crippen molar-refractivity contribution in [1.29, 1.82) is 0 Å². The Morgan fingerprint density at radius 2 is 1.82 bits per heavy atom. The summed E-state index contributed by atoms with van der Waals surface area (Å²) in [5.41, 5.74) is 1.12. The van der Waals surface area contributed by atoms with E-state index in [0.717, 1.165) is 5.56 Å². The predicted octanol–water partition coefficient (Wildman–Crippen LogP) is 2.87. The number of rotatable bonds is 8. The molecule has 1 aromatic heterocycles. The van der Waals surface area contributed by atoms with Gasteiger partial charge in [0.15, 0.2) is 0 Å². The van der Waals surface area contributed by atoms with Gasteiger partial charge in [0.05, 0.1) is 17.7 Å². The average molecular weight is 402 g/mol. The summed E-state index contributed by atoms with van der Waals surface area (Å²) in [6, 6.07) is 15.1. The molecule has 0 unspecified atom stereocenters. The van der Waals surface area contributed by atoms with Gasteiger partial charge in [0, 0.05) is 12.1 Å². The van der Waals surface area contributed by atoms with Gasteiger partial charge in [0.2, 0.25) is 10.0 Å². The van der Waals surface area contributed by atoms with Crippen LogP contribution in [0.4, 0.5) is 4.39 Å². The van der Waals surface area contributed by atoms with Crippen molar-refractivity contribution in [2.45, 2.75) is 17.9 Å². The lowest BCUT2D eigenvalue weighted by Gasteiger charge is -2.08. The van der Waals surface area contributed by atoms with Crippen molar-refractivity contribution in [1.82, 2.24) is 10.0 Å². The first-order valence-electron chi connectivity index (χ1n) is 8.59. The standard InChI is InChI=1S/C20H19FN2O4S/c21-17-4-1-3-15(13-17)10-11-22-20(24)16-6-8-19(9-7-16)28(25,26)23-14-18-5-2-12-27-18/h1-9,12-13,23H,10-11,14H2,(H,22,24). The molecule has 1 heterocycles. The van der Waals surface area contributed by atoms with E-state index in [4.69, 9.17) is 4.42 Å². The van der Waals surface area contributed by atoms with Crippen molar-refractivity contribution in [3.63, 3.8) is 0 Å². The Balaban J connectivity index is 1.54. The molecule has 0 aliphatic heterocycles. The number of hydrogen-bond acceptors (Lipinski definition) is 4. The highest BCUT2D eigenvalue weighted by Gasteiger charge is 2.15. The van der Waals surface area contributed by atoms with Crippen LogP contribution in [0.15, 0.2) is 76.2 Å². The number of amides is 1. The first-order chi connectivity index (χ1) is 13.4. The number of carbonyl (C=O) groups excluding carboxylic acids is 1. The molecule has 2 aromatic carbocycles. The molecule has 0 bridgehead atoms. The molecule has 0 fully saturated rings. The number of carbonyl (C=O) groups is 1. The summed E-state index contributed by atoms with van der Waals surface area (Å²) in [4.78, 5) is 12.2. The van der Waals surface area contributed by atoms with Crippen LogP contribution in [-0.2, 0) is 23.0 Å². The van der Waals surface area contributed by atoms with Crippen LogP contribution in [0.2, 0.25) is 0 Å². The van der Waals surface area contributed by atoms with E-state index < -0.39 is 10.0 Å². The van der Waals surface area contributed by atoms with Gasteiger partial charge in [-0.3, -0.25) is 4.79 Å². The van der Waals surface area contributed by atoms with E-state index in [2.05, 4.69) is 10.0 Å². The van der Waals surface area contributed by atoms with Crippen LogP contribution < -0.4 is 10.0 Å². The zero-order chi connectivity index (χ0) is 20.0. The number of nitrogens with one attached hydrogen (secondary N) is 2. The summed E-state index contributed by atoms with van der Waals surface area (Å²) >= 11 is 0. The smallest absolute Gasteiger partial charge is 0.251 e. The maximum Gasteiger partial charge on any atom is 0.251 e. The van der Waals surface area contributed by atoms with Gasteiger partial charge in [-0.15, -0.1) is 0 Å². The van der Waals surface area contributed by atoms with E-state index in [9.17, 15) is 17.6 Å². The molecule has 0 atom stereocenters. The molecular weight excluding hydrogens is 383 g/mol. The van der Waals surface area contributed by atoms with Crippen molar-refractivity contribution in [2.75, 3.05) is 6.54 Å². The normalized spacial score (nSPS) is 11.3. The van der Waals surface area contributed by atoms with Crippen molar-refractivity contribution in [3.05, 3.63) is 89.6 Å². The highest BCUT2D eigenvalue weighted by atomic mass is 32.2. The molecule has 1 amide bonds. The van der Waals surface area contributed by atoms with Crippen LogP contribution in [0.25, 0.3) is 0 Å². The first-order valence-corrected chi connectivity index (χ1v) is 10.1. The fourth-order valence-corrected chi connectivity index (χ4v) is 3.56. The van der Waals surface area contributed by atoms with Gasteiger partial charge in [-0.25, -0.2) is 17.5 Å². The molecule has 2 N–H and O–H groups in total. The number of furan rings is 1. The molecule has 8 heteroatoms. The molecule has 146 valence electrons. The number of benzene rings is 2. The molecule has 28 heavy (non-hydrogen) atoms. The fraction of sp³-hybridized carbons (Fsp3) is 0.150. The summed E-state index contributed by atoms with van der Waals surface area (Å²) in [5.74, 6) is -0.150. The van der Waals surface area contributed by atoms with Crippen molar-refractivity contribution in [3.8, 4) is 0 Å². The second kappa shape index (κ2) is 8.81. The quantitative estimate of drug-likeness (QED) is 0.606. The third-order valence-corrected chi connectivity index (χ3v) is 5.45. The lowest BCUT2D eigenvalue weighted by molar-refractivity contribution is 0.0954. The van der Waals surface area contributed by atoms with Crippen LogP contribution in [0.1, 0.15) is 21.7 Å². The van der Waals surface area contributed by atoms with Crippen LogP contribution in [0.5, 0.6) is 0 Å². The fourth-order valence-electron chi connectivity index (χ4n) is 2.56. The summed E-state index contributed by atoms with van der Waals surface area (Å²) < 4.78 is 45.2. The van der Waals surface area contributed by atoms with Crippen LogP contribution in [0.3, 0.4) is 0 Å². The third-order valence-electron chi connectivity index (χ3n) is 4.03. The Labute approximate surface area is 162 Å². The average Bonchev–Trinajstić information content (AvgIpc) is 3.20. The minimum atomic E-state index is -3.71. The zero-order valence-electron chi connectivity index (χ0n) is 14.9. The first kappa shape index (κ1) is 19.8. The summed E-state index contributed by atoms with van der Waals surface area (Å²) in [7, 11) is -3.71. The van der Waals surface area contributed by atoms with Crippen LogP contribution >= 0.6 is 0 Å². The van der Waals surface area contributed by atoms with Gasteiger partial charge in [0.25, 0.3) is 5.91 Å². The van der Waals surface area contributed by atoms with E-state index in [0.29, 0.717) is 24.3 Å². The largest absolute Gasteiger partial charge is 0.468 e. The van der Waals surface area contributed by atoms with Gasteiger partial charge in [0.1, 0.15) is 11.6 Å². The lowest BCUT2D eigenvalue weighted by atomic mass is 10.1. The topological polar surface area (TPSA) is 88.4 Å². The molecule has 0 saturated carbocycles. The highest BCUT2D eigenvalue weighted by Crippen LogP contribution is 2.12. The van der Waals surface area contributed by atoms with E-state index in [1.54, 1.807) is 24.3 Å². The Bertz CT molecular complexity index is 1030. The van der Waals surface area contributed by atoms with E-state index >= 15 is 0 Å². The minimum absolute atomic E-state index is 0.0393. The van der Waals surface area contributed by atoms with Gasteiger partial charge in [-0.1, -0.05) is 12.1 Å². The number of hydrogen-bond donors (Lipinski definition) is 2. The number of sulfonamides is 1. The molecular formula is C20H19FN2O4S. The summed E-state index contributed by atoms with van der Waals surface area (Å²) in [5, 5.41) is 2.73. The van der Waals surface area contributed by atoms with Gasteiger partial charge in [-0.2, -0.15) is 0 Å². The molecule has 0 aliphatic rings. The predicted molar refractivity (Wildman–Crippen MR) is 102 cm³/mol. The van der Waals surface area contributed by atoms with Crippen LogP contribution in [-0.4, -0.2) is 20.9 Å².